The highest BCUT2D eigenvalue weighted by Gasteiger charge is 2.36. The summed E-state index contributed by atoms with van der Waals surface area (Å²) in [5.41, 5.74) is 0.419. The highest BCUT2D eigenvalue weighted by Crippen LogP contribution is 2.35. The van der Waals surface area contributed by atoms with Crippen LogP contribution in [0.2, 0.25) is 0 Å². The number of nitrogens with zero attached hydrogens (tertiary/aromatic N) is 2. The van der Waals surface area contributed by atoms with Crippen LogP contribution in [0.3, 0.4) is 0 Å². The van der Waals surface area contributed by atoms with Gasteiger partial charge in [0.1, 0.15) is 11.9 Å². The Kier molecular flexibility index (Phi) is 9.34. The molecule has 12 heteroatoms. The fraction of sp³-hybridized carbons (Fsp3) is 0.462. The summed E-state index contributed by atoms with van der Waals surface area (Å²) in [6, 6.07) is 8.15. The number of halogens is 1. The highest BCUT2D eigenvalue weighted by molar-refractivity contribution is 7.89. The number of aliphatic hydroxyl groups is 1. The van der Waals surface area contributed by atoms with E-state index in [1.165, 1.54) is 24.1 Å². The Hall–Kier alpha value is -3.22. The molecule has 208 valence electrons. The van der Waals surface area contributed by atoms with Crippen LogP contribution < -0.4 is 15.4 Å². The van der Waals surface area contributed by atoms with Crippen molar-refractivity contribution in [2.24, 2.45) is 5.92 Å². The summed E-state index contributed by atoms with van der Waals surface area (Å²) < 4.78 is 47.2. The molecule has 0 unspecified atom stereocenters. The van der Waals surface area contributed by atoms with Gasteiger partial charge in [-0.3, -0.25) is 4.79 Å². The number of ether oxygens (including phenoxy) is 1. The van der Waals surface area contributed by atoms with Crippen molar-refractivity contribution in [2.75, 3.05) is 32.1 Å². The Morgan fingerprint density at radius 3 is 2.47 bits per heavy atom. The lowest BCUT2D eigenvalue weighted by Crippen LogP contribution is -2.50. The lowest BCUT2D eigenvalue weighted by atomic mass is 9.99. The van der Waals surface area contributed by atoms with Gasteiger partial charge in [0, 0.05) is 25.6 Å². The molecule has 0 fully saturated rings. The molecule has 1 heterocycles. The van der Waals surface area contributed by atoms with Gasteiger partial charge >= 0.3 is 6.03 Å². The van der Waals surface area contributed by atoms with Crippen molar-refractivity contribution in [2.45, 2.75) is 50.8 Å². The molecule has 0 saturated heterocycles. The predicted molar refractivity (Wildman–Crippen MR) is 141 cm³/mol. The molecule has 2 aromatic rings. The summed E-state index contributed by atoms with van der Waals surface area (Å²) in [7, 11) is -2.58. The quantitative estimate of drug-likeness (QED) is 0.464. The maximum absolute atomic E-state index is 13.5. The molecule has 0 bridgehead atoms. The second-order valence-corrected chi connectivity index (χ2v) is 11.8. The van der Waals surface area contributed by atoms with Gasteiger partial charge in [0.15, 0.2) is 5.75 Å². The molecule has 0 aliphatic carbocycles. The number of carbonyl (C=O) groups excluding carboxylic acids is 2. The number of likely N-dealkylation sites (N-methyl/N-ethyl adjacent to an activating group) is 1. The molecule has 0 radical (unpaired) electrons. The molecule has 2 aromatic carbocycles. The molecule has 1 aliphatic rings. The number of amides is 3. The molecule has 1 aliphatic heterocycles. The van der Waals surface area contributed by atoms with Crippen molar-refractivity contribution >= 4 is 27.6 Å². The number of rotatable bonds is 8. The third kappa shape index (κ3) is 6.61. The van der Waals surface area contributed by atoms with Gasteiger partial charge in [0.2, 0.25) is 10.0 Å². The summed E-state index contributed by atoms with van der Waals surface area (Å²) in [4.78, 5) is 27.4. The van der Waals surface area contributed by atoms with E-state index in [4.69, 9.17) is 4.74 Å². The standard InChI is InChI=1S/C26H35FN4O6S/c1-16(2)28-26(34)29-22-8-6-7-21-24(22)37-23(17(3)13-31(25(21)33)18(4)15-32)14-30(5)38(35,36)20-11-9-19(27)10-12-20/h6-12,16-18,23,32H,13-15H2,1-5H3,(H2,28,29,34)/t17-,18+,23+/m1/s1. The van der Waals surface area contributed by atoms with Gasteiger partial charge in [-0.15, -0.1) is 0 Å². The number of aliphatic hydroxyl groups excluding tert-OH is 1. The first-order chi connectivity index (χ1) is 17.8. The van der Waals surface area contributed by atoms with Gasteiger partial charge in [0.05, 0.1) is 35.3 Å². The number of benzene rings is 2. The van der Waals surface area contributed by atoms with Crippen LogP contribution in [-0.4, -0.2) is 79.6 Å². The zero-order chi connectivity index (χ0) is 28.2. The average molecular weight is 551 g/mol. The van der Waals surface area contributed by atoms with Crippen molar-refractivity contribution in [3.8, 4) is 5.75 Å². The molecule has 0 aromatic heterocycles. The molecule has 0 saturated carbocycles. The lowest BCUT2D eigenvalue weighted by Gasteiger charge is -2.38. The minimum Gasteiger partial charge on any atom is -0.486 e. The minimum absolute atomic E-state index is 0.0706. The van der Waals surface area contributed by atoms with Crippen LogP contribution in [-0.2, 0) is 10.0 Å². The first-order valence-corrected chi connectivity index (χ1v) is 13.8. The molecule has 0 spiro atoms. The van der Waals surface area contributed by atoms with Crippen LogP contribution in [0.15, 0.2) is 47.4 Å². The van der Waals surface area contributed by atoms with Crippen LogP contribution in [0, 0.1) is 11.7 Å². The molecule has 3 atom stereocenters. The maximum Gasteiger partial charge on any atom is 0.319 e. The molecule has 3 rings (SSSR count). The van der Waals surface area contributed by atoms with E-state index in [9.17, 15) is 27.5 Å². The van der Waals surface area contributed by atoms with E-state index in [1.807, 2.05) is 6.92 Å². The number of fused-ring (bicyclic) bond motifs is 1. The van der Waals surface area contributed by atoms with Gasteiger partial charge in [-0.05, 0) is 57.2 Å². The Morgan fingerprint density at radius 1 is 1.21 bits per heavy atom. The smallest absolute Gasteiger partial charge is 0.319 e. The SMILES string of the molecule is CC(C)NC(=O)Nc1cccc2c1O[C@@H](CN(C)S(=O)(=O)c1ccc(F)cc1)[C@H](C)CN([C@@H](C)CO)C2=O. The Labute approximate surface area is 222 Å². The minimum atomic E-state index is -3.98. The van der Waals surface area contributed by atoms with Gasteiger partial charge < -0.3 is 25.4 Å². The first-order valence-electron chi connectivity index (χ1n) is 12.4. The van der Waals surface area contributed by atoms with Crippen molar-refractivity contribution in [3.63, 3.8) is 0 Å². The van der Waals surface area contributed by atoms with Gasteiger partial charge in [-0.1, -0.05) is 13.0 Å². The zero-order valence-corrected chi connectivity index (χ0v) is 23.0. The van der Waals surface area contributed by atoms with E-state index in [2.05, 4.69) is 10.6 Å². The van der Waals surface area contributed by atoms with Crippen molar-refractivity contribution in [3.05, 3.63) is 53.8 Å². The number of para-hydroxylation sites is 1. The van der Waals surface area contributed by atoms with Crippen molar-refractivity contribution in [1.29, 1.82) is 0 Å². The molecular weight excluding hydrogens is 515 g/mol. The predicted octanol–water partition coefficient (Wildman–Crippen LogP) is 2.90. The number of urea groups is 1. The monoisotopic (exact) mass is 550 g/mol. The largest absolute Gasteiger partial charge is 0.486 e. The number of sulfonamides is 1. The molecule has 3 N–H and O–H groups in total. The van der Waals surface area contributed by atoms with E-state index in [0.717, 1.165) is 16.4 Å². The highest BCUT2D eigenvalue weighted by atomic mass is 32.2. The lowest BCUT2D eigenvalue weighted by molar-refractivity contribution is 0.0389. The van der Waals surface area contributed by atoms with Gasteiger partial charge in [-0.25, -0.2) is 17.6 Å². The van der Waals surface area contributed by atoms with Crippen LogP contribution in [0.5, 0.6) is 5.75 Å². The van der Waals surface area contributed by atoms with Crippen LogP contribution in [0.1, 0.15) is 38.1 Å². The summed E-state index contributed by atoms with van der Waals surface area (Å²) in [6.07, 6.45) is -0.744. The van der Waals surface area contributed by atoms with Crippen LogP contribution in [0.25, 0.3) is 0 Å². The number of hydrogen-bond acceptors (Lipinski definition) is 6. The van der Waals surface area contributed by atoms with E-state index in [0.29, 0.717) is 0 Å². The van der Waals surface area contributed by atoms with Crippen LogP contribution >= 0.6 is 0 Å². The van der Waals surface area contributed by atoms with E-state index in [1.54, 1.807) is 39.0 Å². The van der Waals surface area contributed by atoms with E-state index < -0.39 is 34.0 Å². The summed E-state index contributed by atoms with van der Waals surface area (Å²) in [5, 5.41) is 15.3. The Bertz CT molecular complexity index is 1250. The van der Waals surface area contributed by atoms with Gasteiger partial charge in [-0.2, -0.15) is 4.31 Å². The van der Waals surface area contributed by atoms with Crippen molar-refractivity contribution in [1.82, 2.24) is 14.5 Å². The Morgan fingerprint density at radius 2 is 1.87 bits per heavy atom. The molecule has 38 heavy (non-hydrogen) atoms. The Balaban J connectivity index is 2.02. The average Bonchev–Trinajstić information content (AvgIpc) is 2.85. The second kappa shape index (κ2) is 12.1. The third-order valence-corrected chi connectivity index (χ3v) is 8.16. The fourth-order valence-corrected chi connectivity index (χ4v) is 5.30. The topological polar surface area (TPSA) is 128 Å². The third-order valence-electron chi connectivity index (χ3n) is 6.32. The number of anilines is 1. The zero-order valence-electron chi connectivity index (χ0n) is 22.1. The maximum atomic E-state index is 13.5. The number of nitrogens with one attached hydrogen (secondary N) is 2. The number of carbonyl (C=O) groups is 2. The van der Waals surface area contributed by atoms with E-state index in [-0.39, 0.29) is 59.5 Å². The fourth-order valence-electron chi connectivity index (χ4n) is 4.12. The molecule has 10 nitrogen and oxygen atoms in total. The normalized spacial score (nSPS) is 18.9. The summed E-state index contributed by atoms with van der Waals surface area (Å²) >= 11 is 0. The second-order valence-electron chi connectivity index (χ2n) is 9.80. The summed E-state index contributed by atoms with van der Waals surface area (Å²) in [5.74, 6) is -1.20. The number of hydrogen-bond donors (Lipinski definition) is 3. The first kappa shape index (κ1) is 29.3. The van der Waals surface area contributed by atoms with Gasteiger partial charge in [0.25, 0.3) is 5.91 Å². The molecular formula is C26H35FN4O6S. The van der Waals surface area contributed by atoms with Crippen LogP contribution in [0.4, 0.5) is 14.9 Å². The van der Waals surface area contributed by atoms with E-state index >= 15 is 0 Å². The molecule has 3 amide bonds. The summed E-state index contributed by atoms with van der Waals surface area (Å²) in [6.45, 7) is 6.97. The van der Waals surface area contributed by atoms with Crippen molar-refractivity contribution < 1.29 is 32.2 Å².